The van der Waals surface area contributed by atoms with Gasteiger partial charge in [0.1, 0.15) is 0 Å². The maximum Gasteiger partial charge on any atom is 0.321 e. The molecular weight excluding hydrogens is 314 g/mol. The molecule has 1 fully saturated rings. The van der Waals surface area contributed by atoms with Gasteiger partial charge in [-0.25, -0.2) is 8.42 Å². The van der Waals surface area contributed by atoms with E-state index in [1.54, 1.807) is 12.1 Å². The second kappa shape index (κ2) is 5.65. The number of sulfone groups is 1. The van der Waals surface area contributed by atoms with Crippen molar-refractivity contribution < 1.29 is 12.9 Å². The van der Waals surface area contributed by atoms with Crippen molar-refractivity contribution in [3.63, 3.8) is 0 Å². The monoisotopic (exact) mass is 327 g/mol. The van der Waals surface area contributed by atoms with Crippen LogP contribution in [0.15, 0.2) is 28.8 Å². The number of benzene rings is 1. The fourth-order valence-corrected chi connectivity index (χ4v) is 4.36. The third-order valence-corrected chi connectivity index (χ3v) is 5.45. The first-order valence-corrected chi connectivity index (χ1v) is 8.76. The molecule has 2 aromatic rings. The van der Waals surface area contributed by atoms with E-state index >= 15 is 0 Å². The maximum atomic E-state index is 11.4. The van der Waals surface area contributed by atoms with Crippen LogP contribution in [0.4, 0.5) is 6.01 Å². The zero-order valence-electron chi connectivity index (χ0n) is 11.1. The van der Waals surface area contributed by atoms with E-state index < -0.39 is 9.84 Å². The molecular formula is C13H14ClN3O3S. The van der Waals surface area contributed by atoms with Crippen molar-refractivity contribution in [3.05, 3.63) is 29.3 Å². The lowest BCUT2D eigenvalue weighted by atomic mass is 10.1. The van der Waals surface area contributed by atoms with Gasteiger partial charge in [-0.3, -0.25) is 0 Å². The van der Waals surface area contributed by atoms with Gasteiger partial charge in [-0.05, 0) is 24.5 Å². The summed E-state index contributed by atoms with van der Waals surface area (Å²) in [6.45, 7) is 0.510. The predicted molar refractivity (Wildman–Crippen MR) is 80.0 cm³/mol. The predicted octanol–water partition coefficient (Wildman–Crippen LogP) is 2.24. The Balaban J connectivity index is 1.63. The number of halogens is 1. The van der Waals surface area contributed by atoms with Gasteiger partial charge in [-0.2, -0.15) is 4.98 Å². The third-order valence-electron chi connectivity index (χ3n) is 3.38. The van der Waals surface area contributed by atoms with Gasteiger partial charge in [0.2, 0.25) is 5.82 Å². The van der Waals surface area contributed by atoms with Gasteiger partial charge in [0.05, 0.1) is 11.5 Å². The van der Waals surface area contributed by atoms with Crippen LogP contribution in [0.25, 0.3) is 11.4 Å². The Bertz CT molecular complexity index is 745. The smallest absolute Gasteiger partial charge is 0.321 e. The lowest BCUT2D eigenvalue weighted by Gasteiger charge is -2.06. The highest BCUT2D eigenvalue weighted by Gasteiger charge is 2.27. The fourth-order valence-electron chi connectivity index (χ4n) is 2.30. The minimum Gasteiger partial charge on any atom is -0.337 e. The molecule has 0 unspecified atom stereocenters. The Labute approximate surface area is 127 Å². The SMILES string of the molecule is O=S1(=O)CC[C@@H](CNc2nc(-c3cccc(Cl)c3)no2)C1. The van der Waals surface area contributed by atoms with E-state index in [4.69, 9.17) is 16.1 Å². The molecule has 0 amide bonds. The second-order valence-electron chi connectivity index (χ2n) is 5.08. The van der Waals surface area contributed by atoms with Crippen LogP contribution >= 0.6 is 11.6 Å². The minimum absolute atomic E-state index is 0.0940. The standard InChI is InChI=1S/C13H14ClN3O3S/c14-11-3-1-2-10(6-11)12-16-13(20-17-12)15-7-9-4-5-21(18,19)8-9/h1-3,6,9H,4-5,7-8H2,(H,15,16,17)/t9-/m0/s1. The summed E-state index contributed by atoms with van der Waals surface area (Å²) in [5.74, 6) is 1.02. The zero-order valence-corrected chi connectivity index (χ0v) is 12.7. The maximum absolute atomic E-state index is 11.4. The van der Waals surface area contributed by atoms with Crippen LogP contribution in [-0.2, 0) is 9.84 Å². The number of aromatic nitrogens is 2. The topological polar surface area (TPSA) is 85.1 Å². The molecule has 0 saturated carbocycles. The molecule has 0 bridgehead atoms. The average molecular weight is 328 g/mol. The highest BCUT2D eigenvalue weighted by atomic mass is 35.5. The van der Waals surface area contributed by atoms with Crippen LogP contribution < -0.4 is 5.32 Å². The molecule has 21 heavy (non-hydrogen) atoms. The van der Waals surface area contributed by atoms with Crippen molar-refractivity contribution in [1.82, 2.24) is 10.1 Å². The zero-order chi connectivity index (χ0) is 14.9. The first-order chi connectivity index (χ1) is 10.0. The number of rotatable bonds is 4. The quantitative estimate of drug-likeness (QED) is 0.927. The van der Waals surface area contributed by atoms with Gasteiger partial charge < -0.3 is 9.84 Å². The number of hydrogen-bond donors (Lipinski definition) is 1. The van der Waals surface area contributed by atoms with Crippen LogP contribution in [0, 0.1) is 5.92 Å². The van der Waals surface area contributed by atoms with Crippen molar-refractivity contribution in [2.24, 2.45) is 5.92 Å². The van der Waals surface area contributed by atoms with E-state index in [0.29, 0.717) is 23.8 Å². The molecule has 0 spiro atoms. The van der Waals surface area contributed by atoms with E-state index in [1.165, 1.54) is 0 Å². The van der Waals surface area contributed by atoms with Crippen molar-refractivity contribution in [3.8, 4) is 11.4 Å². The first-order valence-electron chi connectivity index (χ1n) is 6.56. The third kappa shape index (κ3) is 3.54. The fraction of sp³-hybridized carbons (Fsp3) is 0.385. The Kier molecular flexibility index (Phi) is 3.86. The average Bonchev–Trinajstić information content (AvgIpc) is 3.03. The van der Waals surface area contributed by atoms with Crippen molar-refractivity contribution in [2.75, 3.05) is 23.4 Å². The normalized spacial score (nSPS) is 20.5. The Morgan fingerprint density at radius 3 is 3.00 bits per heavy atom. The highest BCUT2D eigenvalue weighted by Crippen LogP contribution is 2.22. The lowest BCUT2D eigenvalue weighted by Crippen LogP contribution is -2.15. The van der Waals surface area contributed by atoms with Gasteiger partial charge in [0, 0.05) is 17.1 Å². The molecule has 112 valence electrons. The molecule has 0 radical (unpaired) electrons. The van der Waals surface area contributed by atoms with E-state index in [2.05, 4.69) is 15.5 Å². The van der Waals surface area contributed by atoms with Crippen LogP contribution in [-0.4, -0.2) is 36.6 Å². The molecule has 1 N–H and O–H groups in total. The summed E-state index contributed by atoms with van der Waals surface area (Å²) < 4.78 is 27.9. The van der Waals surface area contributed by atoms with Crippen LogP contribution in [0.1, 0.15) is 6.42 Å². The number of nitrogens with one attached hydrogen (secondary N) is 1. The van der Waals surface area contributed by atoms with Crippen LogP contribution in [0.5, 0.6) is 0 Å². The van der Waals surface area contributed by atoms with E-state index in [1.807, 2.05) is 12.1 Å². The summed E-state index contributed by atoms with van der Waals surface area (Å²) in [6.07, 6.45) is 0.671. The molecule has 1 atom stereocenters. The summed E-state index contributed by atoms with van der Waals surface area (Å²) in [7, 11) is -2.86. The molecule has 2 heterocycles. The van der Waals surface area contributed by atoms with E-state index in [-0.39, 0.29) is 23.4 Å². The van der Waals surface area contributed by atoms with Crippen molar-refractivity contribution in [2.45, 2.75) is 6.42 Å². The van der Waals surface area contributed by atoms with Crippen molar-refractivity contribution >= 4 is 27.5 Å². The summed E-state index contributed by atoms with van der Waals surface area (Å²) in [6, 6.07) is 7.45. The van der Waals surface area contributed by atoms with Gasteiger partial charge in [-0.15, -0.1) is 0 Å². The van der Waals surface area contributed by atoms with Crippen LogP contribution in [0.2, 0.25) is 5.02 Å². The molecule has 1 aromatic heterocycles. The summed E-state index contributed by atoms with van der Waals surface area (Å²) >= 11 is 5.92. The summed E-state index contributed by atoms with van der Waals surface area (Å²) in [5, 5.41) is 7.47. The lowest BCUT2D eigenvalue weighted by molar-refractivity contribution is 0.429. The molecule has 0 aliphatic carbocycles. The molecule has 1 saturated heterocycles. The van der Waals surface area contributed by atoms with E-state index in [9.17, 15) is 8.42 Å². The Morgan fingerprint density at radius 2 is 2.29 bits per heavy atom. The number of hydrogen-bond acceptors (Lipinski definition) is 6. The largest absolute Gasteiger partial charge is 0.337 e. The van der Waals surface area contributed by atoms with Gasteiger partial charge in [0.15, 0.2) is 9.84 Å². The Morgan fingerprint density at radius 1 is 1.43 bits per heavy atom. The van der Waals surface area contributed by atoms with Gasteiger partial charge in [0.25, 0.3) is 0 Å². The van der Waals surface area contributed by atoms with E-state index in [0.717, 1.165) is 5.56 Å². The number of nitrogens with zero attached hydrogens (tertiary/aromatic N) is 2. The molecule has 1 aliphatic rings. The highest BCUT2D eigenvalue weighted by molar-refractivity contribution is 7.91. The van der Waals surface area contributed by atoms with Crippen LogP contribution in [0.3, 0.4) is 0 Å². The molecule has 3 rings (SSSR count). The second-order valence-corrected chi connectivity index (χ2v) is 7.75. The molecule has 8 heteroatoms. The molecule has 6 nitrogen and oxygen atoms in total. The minimum atomic E-state index is -2.86. The Hall–Kier alpha value is -1.60. The summed E-state index contributed by atoms with van der Waals surface area (Å²) in [4.78, 5) is 4.22. The molecule has 1 aromatic carbocycles. The number of anilines is 1. The van der Waals surface area contributed by atoms with Gasteiger partial charge in [-0.1, -0.05) is 28.9 Å². The van der Waals surface area contributed by atoms with Gasteiger partial charge >= 0.3 is 6.01 Å². The summed E-state index contributed by atoms with van der Waals surface area (Å²) in [5.41, 5.74) is 0.766. The van der Waals surface area contributed by atoms with Crippen molar-refractivity contribution in [1.29, 1.82) is 0 Å². The molecule has 1 aliphatic heterocycles. The first kappa shape index (κ1) is 14.3.